The zero-order valence-electron chi connectivity index (χ0n) is 15.3. The number of amides is 2. The van der Waals surface area contributed by atoms with Crippen LogP contribution in [0.2, 0.25) is 0 Å². The van der Waals surface area contributed by atoms with E-state index in [0.29, 0.717) is 31.8 Å². The molecule has 2 amide bonds. The van der Waals surface area contributed by atoms with Crippen LogP contribution in [0.25, 0.3) is 0 Å². The third-order valence-electron chi connectivity index (χ3n) is 5.54. The van der Waals surface area contributed by atoms with Crippen LogP contribution in [0.15, 0.2) is 12.1 Å². The molecule has 0 unspecified atom stereocenters. The molecule has 25 heavy (non-hydrogen) atoms. The van der Waals surface area contributed by atoms with Gasteiger partial charge in [0.2, 0.25) is 11.8 Å². The number of piperidine rings is 1. The minimum atomic E-state index is -0.0358. The number of hydrogen-bond acceptors (Lipinski definition) is 3. The van der Waals surface area contributed by atoms with Crippen molar-refractivity contribution in [2.24, 2.45) is 11.8 Å². The van der Waals surface area contributed by atoms with Crippen LogP contribution in [0.4, 0.5) is 0 Å². The van der Waals surface area contributed by atoms with Gasteiger partial charge in [-0.1, -0.05) is 19.3 Å². The van der Waals surface area contributed by atoms with Crippen LogP contribution >= 0.6 is 11.3 Å². The van der Waals surface area contributed by atoms with Gasteiger partial charge in [-0.25, -0.2) is 0 Å². The minimum Gasteiger partial charge on any atom is -0.355 e. The van der Waals surface area contributed by atoms with Crippen molar-refractivity contribution in [3.8, 4) is 0 Å². The molecule has 1 N–H and O–H groups in total. The Kier molecular flexibility index (Phi) is 6.51. The molecule has 0 radical (unpaired) electrons. The fourth-order valence-electron chi connectivity index (χ4n) is 4.06. The van der Waals surface area contributed by atoms with Gasteiger partial charge in [0.25, 0.3) is 0 Å². The van der Waals surface area contributed by atoms with Crippen molar-refractivity contribution in [1.29, 1.82) is 0 Å². The van der Waals surface area contributed by atoms with E-state index in [1.807, 2.05) is 4.90 Å². The van der Waals surface area contributed by atoms with Gasteiger partial charge >= 0.3 is 0 Å². The molecule has 1 aliphatic heterocycles. The molecule has 0 bridgehead atoms. The summed E-state index contributed by atoms with van der Waals surface area (Å²) in [5, 5.41) is 3.08. The molecule has 5 heteroatoms. The van der Waals surface area contributed by atoms with Crippen LogP contribution in [0.5, 0.6) is 0 Å². The van der Waals surface area contributed by atoms with Crippen LogP contribution in [0.1, 0.15) is 54.7 Å². The molecule has 4 nitrogen and oxygen atoms in total. The van der Waals surface area contributed by atoms with E-state index in [-0.39, 0.29) is 17.7 Å². The summed E-state index contributed by atoms with van der Waals surface area (Å²) < 4.78 is 0. The van der Waals surface area contributed by atoms with Gasteiger partial charge in [0.15, 0.2) is 0 Å². The molecule has 0 spiro atoms. The standard InChI is InChI=1S/C20H30N2O2S/c1-15-7-9-18(25-15)11-12-21-20(24)17-8-10-19(23)22(14-17)13-16-5-3-2-4-6-16/h7,9,16-17H,2-6,8,10-14H2,1H3,(H,21,24)/t17-/m0/s1. The molecule has 138 valence electrons. The Bertz CT molecular complexity index is 592. The average molecular weight is 363 g/mol. The number of likely N-dealkylation sites (tertiary alicyclic amines) is 1. The first-order valence-corrected chi connectivity index (χ1v) is 10.5. The zero-order chi connectivity index (χ0) is 17.6. The number of aryl methyl sites for hydroxylation is 1. The highest BCUT2D eigenvalue weighted by atomic mass is 32.1. The summed E-state index contributed by atoms with van der Waals surface area (Å²) in [4.78, 5) is 29.3. The summed E-state index contributed by atoms with van der Waals surface area (Å²) in [6, 6.07) is 4.26. The molecule has 2 aliphatic rings. The molecule has 1 saturated carbocycles. The van der Waals surface area contributed by atoms with E-state index in [2.05, 4.69) is 24.4 Å². The Labute approximate surface area is 155 Å². The molecule has 1 saturated heterocycles. The second-order valence-corrected chi connectivity index (χ2v) is 8.96. The minimum absolute atomic E-state index is 0.0358. The van der Waals surface area contributed by atoms with Crippen LogP contribution in [0, 0.1) is 18.8 Å². The van der Waals surface area contributed by atoms with Gasteiger partial charge in [0.1, 0.15) is 0 Å². The Balaban J connectivity index is 1.44. The van der Waals surface area contributed by atoms with Gasteiger partial charge in [-0.15, -0.1) is 11.3 Å². The second-order valence-electron chi connectivity index (χ2n) is 7.59. The van der Waals surface area contributed by atoms with Gasteiger partial charge in [0.05, 0.1) is 5.92 Å². The van der Waals surface area contributed by atoms with Crippen molar-refractivity contribution >= 4 is 23.2 Å². The average Bonchev–Trinajstić information content (AvgIpc) is 3.03. The maximum absolute atomic E-state index is 12.5. The molecular weight excluding hydrogens is 332 g/mol. The van der Waals surface area contributed by atoms with E-state index in [1.165, 1.54) is 41.9 Å². The fourth-order valence-corrected chi connectivity index (χ4v) is 4.95. The molecule has 1 atom stereocenters. The molecule has 2 heterocycles. The van der Waals surface area contributed by atoms with Crippen LogP contribution in [-0.4, -0.2) is 36.3 Å². The Hall–Kier alpha value is -1.36. The highest BCUT2D eigenvalue weighted by Crippen LogP contribution is 2.27. The number of nitrogens with zero attached hydrogens (tertiary/aromatic N) is 1. The van der Waals surface area contributed by atoms with Gasteiger partial charge in [-0.2, -0.15) is 0 Å². The van der Waals surface area contributed by atoms with E-state index in [1.54, 1.807) is 11.3 Å². The van der Waals surface area contributed by atoms with Crippen molar-refractivity contribution in [3.63, 3.8) is 0 Å². The molecule has 1 aromatic heterocycles. The summed E-state index contributed by atoms with van der Waals surface area (Å²) in [7, 11) is 0. The third-order valence-corrected chi connectivity index (χ3v) is 6.60. The molecule has 0 aromatic carbocycles. The highest BCUT2D eigenvalue weighted by Gasteiger charge is 2.31. The van der Waals surface area contributed by atoms with Crippen molar-refractivity contribution in [2.45, 2.75) is 58.3 Å². The molecule has 3 rings (SSSR count). The second kappa shape index (κ2) is 8.84. The number of rotatable bonds is 6. The first kappa shape index (κ1) is 18.4. The van der Waals surface area contributed by atoms with Crippen molar-refractivity contribution in [1.82, 2.24) is 10.2 Å². The number of hydrogen-bond donors (Lipinski definition) is 1. The number of carbonyl (C=O) groups excluding carboxylic acids is 2. The number of thiophene rings is 1. The largest absolute Gasteiger partial charge is 0.355 e. The Morgan fingerprint density at radius 3 is 2.76 bits per heavy atom. The van der Waals surface area contributed by atoms with Gasteiger partial charge in [-0.3, -0.25) is 9.59 Å². The lowest BCUT2D eigenvalue weighted by Crippen LogP contribution is -2.47. The Morgan fingerprint density at radius 2 is 2.04 bits per heavy atom. The quantitative estimate of drug-likeness (QED) is 0.841. The topological polar surface area (TPSA) is 49.4 Å². The maximum Gasteiger partial charge on any atom is 0.224 e. The van der Waals surface area contributed by atoms with Crippen molar-refractivity contribution in [2.75, 3.05) is 19.6 Å². The zero-order valence-corrected chi connectivity index (χ0v) is 16.1. The van der Waals surface area contributed by atoms with E-state index < -0.39 is 0 Å². The monoisotopic (exact) mass is 362 g/mol. The van der Waals surface area contributed by atoms with Gasteiger partial charge in [-0.05, 0) is 50.7 Å². The normalized spacial score (nSPS) is 22.2. The summed E-state index contributed by atoms with van der Waals surface area (Å²) in [6.07, 6.45) is 8.50. The molecule has 2 fully saturated rings. The lowest BCUT2D eigenvalue weighted by molar-refractivity contribution is -0.139. The lowest BCUT2D eigenvalue weighted by Gasteiger charge is -2.35. The van der Waals surface area contributed by atoms with Crippen LogP contribution in [-0.2, 0) is 16.0 Å². The van der Waals surface area contributed by atoms with Gasteiger partial charge in [0, 0.05) is 35.8 Å². The van der Waals surface area contributed by atoms with Crippen molar-refractivity contribution < 1.29 is 9.59 Å². The van der Waals surface area contributed by atoms with E-state index in [9.17, 15) is 9.59 Å². The number of nitrogens with one attached hydrogen (secondary N) is 1. The van der Waals surface area contributed by atoms with E-state index in [4.69, 9.17) is 0 Å². The Morgan fingerprint density at radius 1 is 1.24 bits per heavy atom. The molecule has 1 aliphatic carbocycles. The lowest BCUT2D eigenvalue weighted by atomic mass is 9.87. The highest BCUT2D eigenvalue weighted by molar-refractivity contribution is 7.11. The maximum atomic E-state index is 12.5. The molecular formula is C20H30N2O2S. The van der Waals surface area contributed by atoms with Gasteiger partial charge < -0.3 is 10.2 Å². The first-order chi connectivity index (χ1) is 12.1. The SMILES string of the molecule is Cc1ccc(CCNC(=O)[C@H]2CCC(=O)N(CC3CCCCC3)C2)s1. The summed E-state index contributed by atoms with van der Waals surface area (Å²) in [6.45, 7) is 4.26. The summed E-state index contributed by atoms with van der Waals surface area (Å²) >= 11 is 1.79. The predicted molar refractivity (Wildman–Crippen MR) is 102 cm³/mol. The predicted octanol–water partition coefficient (Wildman–Crippen LogP) is 3.53. The van der Waals surface area contributed by atoms with Crippen LogP contribution < -0.4 is 5.32 Å². The number of carbonyl (C=O) groups is 2. The fraction of sp³-hybridized carbons (Fsp3) is 0.700. The van der Waals surface area contributed by atoms with Crippen molar-refractivity contribution in [3.05, 3.63) is 21.9 Å². The summed E-state index contributed by atoms with van der Waals surface area (Å²) in [5.74, 6) is 0.964. The van der Waals surface area contributed by atoms with Crippen LogP contribution in [0.3, 0.4) is 0 Å². The van der Waals surface area contributed by atoms with E-state index >= 15 is 0 Å². The van der Waals surface area contributed by atoms with E-state index in [0.717, 1.165) is 13.0 Å². The summed E-state index contributed by atoms with van der Waals surface area (Å²) in [5.41, 5.74) is 0. The first-order valence-electron chi connectivity index (χ1n) is 9.72. The third kappa shape index (κ3) is 5.30. The smallest absolute Gasteiger partial charge is 0.224 e. The molecule has 1 aromatic rings.